The molecule has 6 nitrogen and oxygen atoms in total. The molecule has 1 aliphatic carbocycles. The molecule has 3 atom stereocenters. The zero-order chi connectivity index (χ0) is 15.0. The maximum atomic E-state index is 11.3. The van der Waals surface area contributed by atoms with Gasteiger partial charge in [0.05, 0.1) is 18.3 Å². The lowest BCUT2D eigenvalue weighted by Crippen LogP contribution is -2.17. The van der Waals surface area contributed by atoms with Gasteiger partial charge >= 0.3 is 5.97 Å². The van der Waals surface area contributed by atoms with Gasteiger partial charge in [-0.25, -0.2) is 4.98 Å². The number of hydrogen-bond acceptors (Lipinski definition) is 6. The summed E-state index contributed by atoms with van der Waals surface area (Å²) in [7, 11) is 0. The molecule has 0 amide bonds. The molecule has 7 heteroatoms. The van der Waals surface area contributed by atoms with Crippen molar-refractivity contribution in [1.29, 1.82) is 0 Å². The van der Waals surface area contributed by atoms with Crippen molar-refractivity contribution in [3.8, 4) is 0 Å². The zero-order valence-corrected chi connectivity index (χ0v) is 12.8. The van der Waals surface area contributed by atoms with Crippen molar-refractivity contribution in [2.45, 2.75) is 39.0 Å². The average Bonchev–Trinajstić information content (AvgIpc) is 3.10. The van der Waals surface area contributed by atoms with E-state index in [2.05, 4.69) is 22.0 Å². The van der Waals surface area contributed by atoms with Crippen LogP contribution >= 0.6 is 11.3 Å². The standard InChI is InChI=1S/C14H17N3O3S/c1-7-3-9(10(4-7)14(18)19)13-16-11(17-20-13)5-12-15-8(2)6-21-12/h6-7,9-10H,3-5H2,1-2H3,(H,18,19). The van der Waals surface area contributed by atoms with Gasteiger partial charge in [-0.2, -0.15) is 4.98 Å². The molecule has 1 aliphatic rings. The summed E-state index contributed by atoms with van der Waals surface area (Å²) in [5.74, 6) is 0.0259. The van der Waals surface area contributed by atoms with Gasteiger partial charge in [0.2, 0.25) is 5.89 Å². The van der Waals surface area contributed by atoms with Gasteiger partial charge in [0.1, 0.15) is 5.01 Å². The summed E-state index contributed by atoms with van der Waals surface area (Å²) < 4.78 is 5.31. The Balaban J connectivity index is 1.76. The summed E-state index contributed by atoms with van der Waals surface area (Å²) in [6.45, 7) is 4.00. The molecule has 112 valence electrons. The predicted molar refractivity (Wildman–Crippen MR) is 76.2 cm³/mol. The topological polar surface area (TPSA) is 89.1 Å². The quantitative estimate of drug-likeness (QED) is 0.934. The molecule has 2 heterocycles. The number of aryl methyl sites for hydroxylation is 1. The molecule has 21 heavy (non-hydrogen) atoms. The van der Waals surface area contributed by atoms with Crippen molar-refractivity contribution in [2.24, 2.45) is 11.8 Å². The Bertz CT molecular complexity index is 651. The molecule has 0 saturated heterocycles. The molecule has 1 saturated carbocycles. The Morgan fingerprint density at radius 1 is 1.48 bits per heavy atom. The van der Waals surface area contributed by atoms with Crippen molar-refractivity contribution >= 4 is 17.3 Å². The van der Waals surface area contributed by atoms with Crippen LogP contribution in [-0.4, -0.2) is 26.2 Å². The number of aliphatic carboxylic acids is 1. The minimum atomic E-state index is -0.778. The molecular formula is C14H17N3O3S. The first-order chi connectivity index (χ1) is 10.0. The van der Waals surface area contributed by atoms with E-state index in [4.69, 9.17) is 4.52 Å². The number of aromatic nitrogens is 3. The second-order valence-electron chi connectivity index (χ2n) is 5.74. The van der Waals surface area contributed by atoms with Gasteiger partial charge in [0.25, 0.3) is 0 Å². The van der Waals surface area contributed by atoms with Crippen LogP contribution < -0.4 is 0 Å². The monoisotopic (exact) mass is 307 g/mol. The first-order valence-corrected chi connectivity index (χ1v) is 7.87. The summed E-state index contributed by atoms with van der Waals surface area (Å²) >= 11 is 1.56. The first-order valence-electron chi connectivity index (χ1n) is 6.99. The van der Waals surface area contributed by atoms with Crippen LogP contribution in [-0.2, 0) is 11.2 Å². The van der Waals surface area contributed by atoms with E-state index in [1.54, 1.807) is 11.3 Å². The Hall–Kier alpha value is -1.76. The SMILES string of the molecule is Cc1csc(Cc2noc(C3CC(C)CC3C(=O)O)n2)n1. The van der Waals surface area contributed by atoms with Gasteiger partial charge < -0.3 is 9.63 Å². The van der Waals surface area contributed by atoms with Crippen molar-refractivity contribution < 1.29 is 14.4 Å². The van der Waals surface area contributed by atoms with Crippen LogP contribution in [0, 0.1) is 18.8 Å². The first kappa shape index (κ1) is 14.2. The summed E-state index contributed by atoms with van der Waals surface area (Å²) in [4.78, 5) is 20.1. The third kappa shape index (κ3) is 2.97. The van der Waals surface area contributed by atoms with Crippen LogP contribution in [0.4, 0.5) is 0 Å². The molecular weight excluding hydrogens is 290 g/mol. The molecule has 0 spiro atoms. The molecule has 2 aromatic rings. The zero-order valence-electron chi connectivity index (χ0n) is 11.9. The number of nitrogens with zero attached hydrogens (tertiary/aromatic N) is 3. The summed E-state index contributed by atoms with van der Waals surface area (Å²) in [6, 6.07) is 0. The highest BCUT2D eigenvalue weighted by molar-refractivity contribution is 7.09. The number of thiazole rings is 1. The van der Waals surface area contributed by atoms with E-state index in [1.807, 2.05) is 12.3 Å². The van der Waals surface area contributed by atoms with E-state index in [1.165, 1.54) is 0 Å². The summed E-state index contributed by atoms with van der Waals surface area (Å²) in [6.07, 6.45) is 1.99. The van der Waals surface area contributed by atoms with Gasteiger partial charge in [-0.3, -0.25) is 4.79 Å². The maximum absolute atomic E-state index is 11.3. The van der Waals surface area contributed by atoms with E-state index in [9.17, 15) is 9.90 Å². The fourth-order valence-corrected chi connectivity index (χ4v) is 3.72. The van der Waals surface area contributed by atoms with E-state index >= 15 is 0 Å². The number of carboxylic acids is 1. The molecule has 1 fully saturated rings. The van der Waals surface area contributed by atoms with Crippen molar-refractivity contribution in [3.63, 3.8) is 0 Å². The Morgan fingerprint density at radius 3 is 2.95 bits per heavy atom. The molecule has 0 bridgehead atoms. The second-order valence-corrected chi connectivity index (χ2v) is 6.68. The molecule has 2 aromatic heterocycles. The second kappa shape index (κ2) is 5.55. The number of carbonyl (C=O) groups is 1. The number of hydrogen-bond donors (Lipinski definition) is 1. The van der Waals surface area contributed by atoms with Crippen molar-refractivity contribution in [3.05, 3.63) is 27.8 Å². The highest BCUT2D eigenvalue weighted by atomic mass is 32.1. The van der Waals surface area contributed by atoms with Crippen molar-refractivity contribution in [2.75, 3.05) is 0 Å². The van der Waals surface area contributed by atoms with Crippen LogP contribution in [0.2, 0.25) is 0 Å². The minimum Gasteiger partial charge on any atom is -0.481 e. The lowest BCUT2D eigenvalue weighted by molar-refractivity contribution is -0.142. The summed E-state index contributed by atoms with van der Waals surface area (Å²) in [5.41, 5.74) is 0.981. The number of carboxylic acid groups (broad SMARTS) is 1. The smallest absolute Gasteiger partial charge is 0.307 e. The van der Waals surface area contributed by atoms with Gasteiger partial charge in [-0.1, -0.05) is 12.1 Å². The Morgan fingerprint density at radius 2 is 2.29 bits per heavy atom. The van der Waals surface area contributed by atoms with Crippen LogP contribution in [0.3, 0.4) is 0 Å². The molecule has 1 N–H and O–H groups in total. The van der Waals surface area contributed by atoms with E-state index in [0.717, 1.165) is 17.1 Å². The van der Waals surface area contributed by atoms with Crippen LogP contribution in [0.5, 0.6) is 0 Å². The fourth-order valence-electron chi connectivity index (χ4n) is 2.95. The van der Waals surface area contributed by atoms with Gasteiger partial charge in [0, 0.05) is 11.1 Å². The number of rotatable bonds is 4. The third-order valence-electron chi connectivity index (χ3n) is 3.89. The van der Waals surface area contributed by atoms with E-state index in [-0.39, 0.29) is 5.92 Å². The van der Waals surface area contributed by atoms with Gasteiger partial charge in [-0.05, 0) is 25.7 Å². The molecule has 0 radical (unpaired) electrons. The van der Waals surface area contributed by atoms with Crippen LogP contribution in [0.25, 0.3) is 0 Å². The molecule has 0 aromatic carbocycles. The Labute approximate surface area is 126 Å². The summed E-state index contributed by atoms with van der Waals surface area (Å²) in [5, 5.41) is 16.2. The minimum absolute atomic E-state index is 0.170. The highest BCUT2D eigenvalue weighted by Gasteiger charge is 2.41. The lowest BCUT2D eigenvalue weighted by atomic mass is 9.96. The molecule has 3 rings (SSSR count). The van der Waals surface area contributed by atoms with Crippen LogP contribution in [0.1, 0.15) is 48.1 Å². The van der Waals surface area contributed by atoms with Gasteiger partial charge in [0.15, 0.2) is 5.82 Å². The fraction of sp³-hybridized carbons (Fsp3) is 0.571. The average molecular weight is 307 g/mol. The largest absolute Gasteiger partial charge is 0.481 e. The van der Waals surface area contributed by atoms with Crippen molar-refractivity contribution in [1.82, 2.24) is 15.1 Å². The molecule has 0 aliphatic heterocycles. The van der Waals surface area contributed by atoms with E-state index < -0.39 is 11.9 Å². The Kier molecular flexibility index (Phi) is 3.75. The third-order valence-corrected chi connectivity index (χ3v) is 4.86. The highest BCUT2D eigenvalue weighted by Crippen LogP contribution is 2.42. The van der Waals surface area contributed by atoms with Gasteiger partial charge in [-0.15, -0.1) is 11.3 Å². The van der Waals surface area contributed by atoms with Crippen LogP contribution in [0.15, 0.2) is 9.90 Å². The molecule has 3 unspecified atom stereocenters. The predicted octanol–water partition coefficient (Wildman–Crippen LogP) is 2.64. The maximum Gasteiger partial charge on any atom is 0.307 e. The normalized spacial score (nSPS) is 25.3. The lowest BCUT2D eigenvalue weighted by Gasteiger charge is -2.09. The van der Waals surface area contributed by atoms with E-state index in [0.29, 0.717) is 30.5 Å².